The summed E-state index contributed by atoms with van der Waals surface area (Å²) in [7, 11) is 0. The monoisotopic (exact) mass is 348 g/mol. The highest BCUT2D eigenvalue weighted by atomic mass is 79.9. The molecule has 2 aromatic carbocycles. The van der Waals surface area contributed by atoms with Gasteiger partial charge < -0.3 is 5.11 Å². The largest absolute Gasteiger partial charge is 0.502 e. The number of aliphatic imine (C=N–C) groups is 1. The van der Waals surface area contributed by atoms with Crippen molar-refractivity contribution in [3.63, 3.8) is 0 Å². The van der Waals surface area contributed by atoms with Gasteiger partial charge in [-0.25, -0.2) is 0 Å². The number of phenols is 1. The molecule has 0 saturated heterocycles. The minimum atomic E-state index is -0.630. The van der Waals surface area contributed by atoms with E-state index in [4.69, 9.17) is 0 Å². The molecule has 0 bridgehead atoms. The molecular weight excluding hydrogens is 336 g/mol. The molecule has 1 N–H and O–H groups in total. The molecule has 2 aromatic rings. The van der Waals surface area contributed by atoms with Crippen molar-refractivity contribution < 1.29 is 10.0 Å². The fraction of sp³-hybridized carbons (Fsp3) is 0.133. The predicted molar refractivity (Wildman–Crippen MR) is 85.6 cm³/mol. The summed E-state index contributed by atoms with van der Waals surface area (Å²) in [4.78, 5) is 14.6. The van der Waals surface area contributed by atoms with Crippen LogP contribution in [0.15, 0.2) is 39.8 Å². The number of aromatic hydroxyl groups is 1. The Labute approximate surface area is 130 Å². The van der Waals surface area contributed by atoms with Gasteiger partial charge in [-0.05, 0) is 37.1 Å². The second-order valence-corrected chi connectivity index (χ2v) is 5.58. The Hall–Kier alpha value is -2.21. The van der Waals surface area contributed by atoms with E-state index in [1.165, 1.54) is 12.3 Å². The summed E-state index contributed by atoms with van der Waals surface area (Å²) >= 11 is 3.19. The first-order valence-corrected chi connectivity index (χ1v) is 6.96. The van der Waals surface area contributed by atoms with Gasteiger partial charge in [-0.15, -0.1) is 0 Å². The number of aryl methyl sites for hydroxylation is 2. The highest BCUT2D eigenvalue weighted by Crippen LogP contribution is 2.33. The fourth-order valence-corrected chi connectivity index (χ4v) is 2.30. The van der Waals surface area contributed by atoms with Gasteiger partial charge in [-0.1, -0.05) is 28.1 Å². The molecule has 21 heavy (non-hydrogen) atoms. The molecule has 0 fully saturated rings. The molecule has 0 amide bonds. The average Bonchev–Trinajstić information content (AvgIpc) is 2.42. The molecule has 108 valence electrons. The van der Waals surface area contributed by atoms with Crippen molar-refractivity contribution >= 4 is 33.5 Å². The van der Waals surface area contributed by atoms with Gasteiger partial charge in [0.05, 0.1) is 10.6 Å². The Morgan fingerprint density at radius 3 is 2.67 bits per heavy atom. The third-order valence-electron chi connectivity index (χ3n) is 2.99. The van der Waals surface area contributed by atoms with Crippen LogP contribution in [0.25, 0.3) is 0 Å². The Balaban J connectivity index is 2.46. The van der Waals surface area contributed by atoms with E-state index < -0.39 is 10.7 Å². The third kappa shape index (κ3) is 3.46. The Morgan fingerprint density at radius 2 is 2.00 bits per heavy atom. The van der Waals surface area contributed by atoms with Crippen molar-refractivity contribution in [2.45, 2.75) is 13.8 Å². The molecular formula is C15H13BrN2O3. The number of phenolic OH excluding ortho intramolecular Hbond substituents is 1. The van der Waals surface area contributed by atoms with Gasteiger partial charge in [0, 0.05) is 22.3 Å². The lowest BCUT2D eigenvalue weighted by Crippen LogP contribution is -1.92. The molecule has 0 unspecified atom stereocenters. The van der Waals surface area contributed by atoms with Crippen LogP contribution in [0.1, 0.15) is 16.7 Å². The van der Waals surface area contributed by atoms with Gasteiger partial charge >= 0.3 is 5.69 Å². The second kappa shape index (κ2) is 6.05. The Kier molecular flexibility index (Phi) is 4.37. The lowest BCUT2D eigenvalue weighted by Gasteiger charge is -2.03. The third-order valence-corrected chi connectivity index (χ3v) is 3.45. The van der Waals surface area contributed by atoms with Crippen LogP contribution >= 0.6 is 15.9 Å². The van der Waals surface area contributed by atoms with E-state index in [1.54, 1.807) is 6.07 Å². The highest BCUT2D eigenvalue weighted by molar-refractivity contribution is 9.10. The number of hydrogen-bond acceptors (Lipinski definition) is 4. The summed E-state index contributed by atoms with van der Waals surface area (Å²) in [5, 5.41) is 20.8. The summed E-state index contributed by atoms with van der Waals surface area (Å²) in [6.45, 7) is 3.88. The first-order valence-electron chi connectivity index (χ1n) is 6.16. The smallest absolute Gasteiger partial charge is 0.312 e. The van der Waals surface area contributed by atoms with Crippen molar-refractivity contribution in [1.29, 1.82) is 0 Å². The summed E-state index contributed by atoms with van der Waals surface area (Å²) in [6, 6.07) is 8.68. The zero-order valence-electron chi connectivity index (χ0n) is 11.5. The van der Waals surface area contributed by atoms with Gasteiger partial charge in [0.1, 0.15) is 0 Å². The second-order valence-electron chi connectivity index (χ2n) is 4.67. The van der Waals surface area contributed by atoms with Gasteiger partial charge in [0.25, 0.3) is 0 Å². The van der Waals surface area contributed by atoms with Crippen LogP contribution in [0, 0.1) is 24.0 Å². The van der Waals surface area contributed by atoms with Crippen LogP contribution in [0.4, 0.5) is 11.4 Å². The van der Waals surface area contributed by atoms with E-state index >= 15 is 0 Å². The fourth-order valence-electron chi connectivity index (χ4n) is 1.84. The van der Waals surface area contributed by atoms with E-state index in [-0.39, 0.29) is 11.3 Å². The highest BCUT2D eigenvalue weighted by Gasteiger charge is 2.17. The first kappa shape index (κ1) is 15.2. The standard InChI is InChI=1S/C15H13BrN2O3/c1-9-3-4-10(2)13(5-9)17-8-11-6-12(16)7-14(15(11)19)18(20)21/h3-8,19H,1-2H3. The maximum Gasteiger partial charge on any atom is 0.312 e. The molecule has 0 aliphatic heterocycles. The van der Waals surface area contributed by atoms with Crippen LogP contribution in [-0.4, -0.2) is 16.2 Å². The molecule has 0 heterocycles. The van der Waals surface area contributed by atoms with Gasteiger partial charge in [-0.2, -0.15) is 0 Å². The minimum absolute atomic E-state index is 0.289. The van der Waals surface area contributed by atoms with Gasteiger partial charge in [0.15, 0.2) is 0 Å². The molecule has 0 aromatic heterocycles. The Bertz CT molecular complexity index is 742. The number of hydrogen-bond donors (Lipinski definition) is 1. The molecule has 0 saturated carbocycles. The molecule has 0 spiro atoms. The van der Waals surface area contributed by atoms with E-state index in [0.717, 1.165) is 16.8 Å². The molecule has 0 radical (unpaired) electrons. The summed E-state index contributed by atoms with van der Waals surface area (Å²) < 4.78 is 0.509. The maximum atomic E-state index is 10.9. The van der Waals surface area contributed by atoms with Crippen molar-refractivity contribution in [2.24, 2.45) is 4.99 Å². The average molecular weight is 349 g/mol. The topological polar surface area (TPSA) is 75.7 Å². The van der Waals surface area contributed by atoms with Crippen molar-refractivity contribution in [2.75, 3.05) is 0 Å². The van der Waals surface area contributed by atoms with E-state index in [9.17, 15) is 15.2 Å². The van der Waals surface area contributed by atoms with Crippen LogP contribution in [0.5, 0.6) is 5.75 Å². The lowest BCUT2D eigenvalue weighted by atomic mass is 10.1. The normalized spacial score (nSPS) is 11.0. The van der Waals surface area contributed by atoms with Gasteiger partial charge in [-0.3, -0.25) is 15.1 Å². The molecule has 6 heteroatoms. The van der Waals surface area contributed by atoms with E-state index in [1.807, 2.05) is 32.0 Å². The van der Waals surface area contributed by atoms with Crippen LogP contribution in [-0.2, 0) is 0 Å². The van der Waals surface area contributed by atoms with E-state index in [0.29, 0.717) is 4.47 Å². The number of benzene rings is 2. The maximum absolute atomic E-state index is 10.9. The number of nitrogens with zero attached hydrogens (tertiary/aromatic N) is 2. The number of halogens is 1. The van der Waals surface area contributed by atoms with Crippen molar-refractivity contribution in [1.82, 2.24) is 0 Å². The summed E-state index contributed by atoms with van der Waals surface area (Å²) in [6.07, 6.45) is 1.43. The number of nitro groups is 1. The Morgan fingerprint density at radius 1 is 1.29 bits per heavy atom. The van der Waals surface area contributed by atoms with Crippen molar-refractivity contribution in [3.05, 3.63) is 61.6 Å². The molecule has 5 nitrogen and oxygen atoms in total. The van der Waals surface area contributed by atoms with Crippen LogP contribution in [0.3, 0.4) is 0 Å². The summed E-state index contributed by atoms with van der Waals surface area (Å²) in [5.74, 6) is -0.391. The van der Waals surface area contributed by atoms with Crippen LogP contribution < -0.4 is 0 Å². The zero-order valence-corrected chi connectivity index (χ0v) is 13.1. The zero-order chi connectivity index (χ0) is 15.6. The van der Waals surface area contributed by atoms with E-state index in [2.05, 4.69) is 20.9 Å². The summed E-state index contributed by atoms with van der Waals surface area (Å²) in [5.41, 5.74) is 2.75. The van der Waals surface area contributed by atoms with Crippen LogP contribution in [0.2, 0.25) is 0 Å². The quantitative estimate of drug-likeness (QED) is 0.506. The molecule has 2 rings (SSSR count). The first-order chi connectivity index (χ1) is 9.88. The molecule has 0 aliphatic carbocycles. The van der Waals surface area contributed by atoms with Gasteiger partial charge in [0.2, 0.25) is 5.75 Å². The molecule has 0 aliphatic rings. The SMILES string of the molecule is Cc1ccc(C)c(N=Cc2cc(Br)cc([N+](=O)[O-])c2O)c1. The lowest BCUT2D eigenvalue weighted by molar-refractivity contribution is -0.385. The van der Waals surface area contributed by atoms with Crippen molar-refractivity contribution in [3.8, 4) is 5.75 Å². The number of nitro benzene ring substituents is 1. The minimum Gasteiger partial charge on any atom is -0.502 e. The number of rotatable bonds is 3. The predicted octanol–water partition coefficient (Wildman–Crippen LogP) is 4.43. The molecule has 0 atom stereocenters.